The molecule has 0 amide bonds. The number of fused-ring (bicyclic) bond motifs is 1. The second kappa shape index (κ2) is 9.88. The molecule has 11 heteroatoms. The number of piperidine rings is 1. The Hall–Kier alpha value is -3.88. The molecule has 1 aliphatic rings. The molecule has 1 saturated heterocycles. The van der Waals surface area contributed by atoms with Gasteiger partial charge in [0.2, 0.25) is 21.7 Å². The van der Waals surface area contributed by atoms with E-state index in [-0.39, 0.29) is 17.6 Å². The molecule has 5 rings (SSSR count). The van der Waals surface area contributed by atoms with Gasteiger partial charge in [-0.05, 0) is 50.8 Å². The van der Waals surface area contributed by atoms with Crippen LogP contribution in [-0.4, -0.2) is 51.8 Å². The molecule has 4 aromatic rings. The highest BCUT2D eigenvalue weighted by molar-refractivity contribution is 7.89. The first-order valence-electron chi connectivity index (χ1n) is 12.0. The lowest BCUT2D eigenvalue weighted by Crippen LogP contribution is -2.42. The van der Waals surface area contributed by atoms with Crippen LogP contribution in [0.3, 0.4) is 0 Å². The van der Waals surface area contributed by atoms with Crippen molar-refractivity contribution >= 4 is 32.7 Å². The van der Waals surface area contributed by atoms with Crippen molar-refractivity contribution in [3.63, 3.8) is 0 Å². The number of halogens is 1. The van der Waals surface area contributed by atoms with Crippen molar-refractivity contribution in [1.82, 2.24) is 24.2 Å². The van der Waals surface area contributed by atoms with Gasteiger partial charge in [0.05, 0.1) is 23.4 Å². The minimum atomic E-state index is -3.52. The van der Waals surface area contributed by atoms with Gasteiger partial charge in [0.25, 0.3) is 0 Å². The fourth-order valence-corrected chi connectivity index (χ4v) is 6.17. The zero-order valence-corrected chi connectivity index (χ0v) is 21.3. The molecule has 1 aromatic carbocycles. The Bertz CT molecular complexity index is 1590. The molecule has 3 aromatic heterocycles. The topological polar surface area (TPSA) is 108 Å². The summed E-state index contributed by atoms with van der Waals surface area (Å²) in [5, 5.41) is 3.86. The molecule has 2 N–H and O–H groups in total. The summed E-state index contributed by atoms with van der Waals surface area (Å²) in [6.07, 6.45) is 5.63. The predicted octanol–water partition coefficient (Wildman–Crippen LogP) is 4.92. The molecule has 9 nitrogen and oxygen atoms in total. The van der Waals surface area contributed by atoms with Gasteiger partial charge in [-0.2, -0.15) is 4.31 Å². The van der Waals surface area contributed by atoms with Crippen LogP contribution in [0.4, 0.5) is 16.0 Å². The summed E-state index contributed by atoms with van der Waals surface area (Å²) in [4.78, 5) is 19.8. The molecule has 0 saturated carbocycles. The number of benzene rings is 1. The molecule has 0 spiro atoms. The normalized spacial score (nSPS) is 15.9. The number of pyridine rings is 1. The lowest BCUT2D eigenvalue weighted by atomic mass is 9.91. The van der Waals surface area contributed by atoms with E-state index in [0.29, 0.717) is 59.1 Å². The van der Waals surface area contributed by atoms with Crippen LogP contribution in [-0.2, 0) is 10.0 Å². The van der Waals surface area contributed by atoms with Crippen molar-refractivity contribution in [2.45, 2.75) is 37.6 Å². The third-order valence-corrected chi connectivity index (χ3v) is 8.78. The average molecular weight is 520 g/mol. The summed E-state index contributed by atoms with van der Waals surface area (Å²) >= 11 is 0. The number of H-pyrrole nitrogens is 1. The SMILES string of the molecule is [C-]#[N+]c1cnc(NC(C)C2CCN(S(=O)(=O)c3ccc(C)cc3)CC2)nc1-c1c[nH]c2ncc(F)cc12. The van der Waals surface area contributed by atoms with Crippen LogP contribution in [0.2, 0.25) is 0 Å². The predicted molar refractivity (Wildman–Crippen MR) is 139 cm³/mol. The van der Waals surface area contributed by atoms with Crippen LogP contribution >= 0.6 is 0 Å². The van der Waals surface area contributed by atoms with Gasteiger partial charge in [-0.25, -0.2) is 32.6 Å². The van der Waals surface area contributed by atoms with Crippen LogP contribution in [0.15, 0.2) is 53.8 Å². The molecule has 1 atom stereocenters. The summed E-state index contributed by atoms with van der Waals surface area (Å²) in [5.74, 6) is 0.0845. The van der Waals surface area contributed by atoms with Gasteiger partial charge in [0.1, 0.15) is 11.5 Å². The van der Waals surface area contributed by atoms with Crippen molar-refractivity contribution < 1.29 is 12.8 Å². The molecule has 190 valence electrons. The minimum absolute atomic E-state index is 0.0297. The average Bonchev–Trinajstić information content (AvgIpc) is 3.32. The zero-order chi connectivity index (χ0) is 26.2. The first kappa shape index (κ1) is 24.8. The maximum atomic E-state index is 13.8. The van der Waals surface area contributed by atoms with Crippen LogP contribution in [0.1, 0.15) is 25.3 Å². The van der Waals surface area contributed by atoms with Gasteiger partial charge >= 0.3 is 0 Å². The smallest absolute Gasteiger partial charge is 0.243 e. The van der Waals surface area contributed by atoms with Crippen LogP contribution < -0.4 is 5.32 Å². The number of nitrogens with zero attached hydrogens (tertiary/aromatic N) is 5. The van der Waals surface area contributed by atoms with Gasteiger partial charge < -0.3 is 10.3 Å². The summed E-state index contributed by atoms with van der Waals surface area (Å²) in [6.45, 7) is 12.3. The van der Waals surface area contributed by atoms with Crippen molar-refractivity contribution in [2.75, 3.05) is 18.4 Å². The van der Waals surface area contributed by atoms with E-state index in [1.807, 2.05) is 26.0 Å². The van der Waals surface area contributed by atoms with Crippen molar-refractivity contribution in [1.29, 1.82) is 0 Å². The quantitative estimate of drug-likeness (QED) is 0.350. The highest BCUT2D eigenvalue weighted by Gasteiger charge is 2.31. The van der Waals surface area contributed by atoms with Gasteiger partial charge in [0, 0.05) is 42.5 Å². The molecule has 4 heterocycles. The Morgan fingerprint density at radius 1 is 1.19 bits per heavy atom. The lowest BCUT2D eigenvalue weighted by molar-refractivity contribution is 0.257. The number of aryl methyl sites for hydroxylation is 1. The molecule has 37 heavy (non-hydrogen) atoms. The van der Waals surface area contributed by atoms with Crippen LogP contribution in [0.25, 0.3) is 27.1 Å². The van der Waals surface area contributed by atoms with E-state index in [4.69, 9.17) is 6.57 Å². The zero-order valence-electron chi connectivity index (χ0n) is 20.4. The van der Waals surface area contributed by atoms with Gasteiger partial charge in [-0.1, -0.05) is 17.7 Å². The molecule has 0 aliphatic carbocycles. The number of sulfonamides is 1. The van der Waals surface area contributed by atoms with E-state index in [1.165, 1.54) is 12.3 Å². The number of nitrogens with one attached hydrogen (secondary N) is 2. The molecular weight excluding hydrogens is 493 g/mol. The van der Waals surface area contributed by atoms with E-state index >= 15 is 0 Å². The minimum Gasteiger partial charge on any atom is -0.352 e. The molecule has 0 radical (unpaired) electrons. The van der Waals surface area contributed by atoms with Crippen LogP contribution in [0.5, 0.6) is 0 Å². The van der Waals surface area contributed by atoms with Gasteiger partial charge in [-0.3, -0.25) is 0 Å². The summed E-state index contributed by atoms with van der Waals surface area (Å²) in [6, 6.07) is 8.25. The number of rotatable bonds is 6. The van der Waals surface area contributed by atoms with Crippen molar-refractivity contribution in [3.05, 3.63) is 71.7 Å². The second-order valence-corrected chi connectivity index (χ2v) is 11.2. The highest BCUT2D eigenvalue weighted by Crippen LogP contribution is 2.34. The fourth-order valence-electron chi connectivity index (χ4n) is 4.70. The van der Waals surface area contributed by atoms with Gasteiger partial charge in [-0.15, -0.1) is 0 Å². The first-order chi connectivity index (χ1) is 17.8. The molecule has 1 fully saturated rings. The molecule has 1 unspecified atom stereocenters. The number of hydrogen-bond donors (Lipinski definition) is 2. The Labute approximate surface area is 214 Å². The fraction of sp³-hybridized carbons (Fsp3) is 0.308. The van der Waals surface area contributed by atoms with Crippen molar-refractivity contribution in [3.8, 4) is 11.3 Å². The Morgan fingerprint density at radius 2 is 1.92 bits per heavy atom. The number of aromatic nitrogens is 4. The van der Waals surface area contributed by atoms with E-state index in [0.717, 1.165) is 11.8 Å². The molecule has 1 aliphatic heterocycles. The molecule has 0 bridgehead atoms. The third-order valence-electron chi connectivity index (χ3n) is 6.86. The number of hydrogen-bond acceptors (Lipinski definition) is 6. The van der Waals surface area contributed by atoms with Gasteiger partial charge in [0.15, 0.2) is 0 Å². The van der Waals surface area contributed by atoms with E-state index in [1.54, 1.807) is 22.6 Å². The first-order valence-corrected chi connectivity index (χ1v) is 13.4. The monoisotopic (exact) mass is 519 g/mol. The van der Waals surface area contributed by atoms with E-state index in [2.05, 4.69) is 30.1 Å². The Kier molecular flexibility index (Phi) is 6.62. The number of anilines is 1. The largest absolute Gasteiger partial charge is 0.352 e. The standard InChI is InChI=1S/C26H26FN7O2S/c1-16-4-6-20(7-5-16)37(35,36)34-10-8-18(9-11-34)17(2)32-26-31-15-23(28-3)24(33-26)22-14-30-25-21(22)12-19(27)13-29-25/h4-7,12-15,17-18H,8-11H2,1-2H3,(H,29,30)(H,31,32,33). The maximum absolute atomic E-state index is 13.8. The van der Waals surface area contributed by atoms with Crippen LogP contribution in [0, 0.1) is 25.2 Å². The maximum Gasteiger partial charge on any atom is 0.243 e. The highest BCUT2D eigenvalue weighted by atomic mass is 32.2. The Morgan fingerprint density at radius 3 is 2.62 bits per heavy atom. The van der Waals surface area contributed by atoms with Crippen molar-refractivity contribution in [2.24, 2.45) is 5.92 Å². The Balaban J connectivity index is 1.30. The summed E-state index contributed by atoms with van der Waals surface area (Å²) < 4.78 is 41.4. The van der Waals surface area contributed by atoms with E-state index < -0.39 is 15.8 Å². The summed E-state index contributed by atoms with van der Waals surface area (Å²) in [5.41, 5.74) is 2.72. The second-order valence-electron chi connectivity index (χ2n) is 9.28. The summed E-state index contributed by atoms with van der Waals surface area (Å²) in [7, 11) is -3.52. The third kappa shape index (κ3) is 4.90. The number of aromatic amines is 1. The van der Waals surface area contributed by atoms with E-state index in [9.17, 15) is 12.8 Å². The molecular formula is C26H26FN7O2S. The lowest BCUT2D eigenvalue weighted by Gasteiger charge is -2.34.